The van der Waals surface area contributed by atoms with Gasteiger partial charge in [0.05, 0.1) is 0 Å². The van der Waals surface area contributed by atoms with E-state index in [0.29, 0.717) is 0 Å². The predicted molar refractivity (Wildman–Crippen MR) is 64.3 cm³/mol. The van der Waals surface area contributed by atoms with Crippen LogP contribution >= 0.6 is 11.8 Å². The van der Waals surface area contributed by atoms with Gasteiger partial charge in [0.25, 0.3) is 0 Å². The molecule has 3 heterocycles. The van der Waals surface area contributed by atoms with E-state index in [4.69, 9.17) is 0 Å². The van der Waals surface area contributed by atoms with Crippen molar-refractivity contribution in [1.29, 1.82) is 0 Å². The molecule has 0 amide bonds. The van der Waals surface area contributed by atoms with E-state index in [9.17, 15) is 0 Å². The third-order valence-electron chi connectivity index (χ3n) is 2.68. The van der Waals surface area contributed by atoms with Crippen LogP contribution < -0.4 is 0 Å². The topological polar surface area (TPSA) is 43.6 Å². The van der Waals surface area contributed by atoms with Crippen LogP contribution in [0.5, 0.6) is 0 Å². The fraction of sp³-hybridized carbons (Fsp3) is 0.364. The quantitative estimate of drug-likeness (QED) is 0.749. The lowest BCUT2D eigenvalue weighted by Gasteiger charge is -2.05. The fourth-order valence-corrected chi connectivity index (χ4v) is 2.73. The number of rotatable bonds is 1. The van der Waals surface area contributed by atoms with Crippen molar-refractivity contribution in [3.63, 3.8) is 0 Å². The first-order valence-corrected chi connectivity index (χ1v) is 6.51. The van der Waals surface area contributed by atoms with Crippen LogP contribution in [0.3, 0.4) is 0 Å². The molecule has 4 nitrogen and oxygen atoms in total. The molecule has 0 bridgehead atoms. The molecule has 0 saturated carbocycles. The first kappa shape index (κ1) is 9.84. The second-order valence-corrected chi connectivity index (χ2v) is 4.92. The van der Waals surface area contributed by atoms with E-state index in [-0.39, 0.29) is 0 Å². The number of thioether (sulfide) groups is 1. The zero-order valence-electron chi connectivity index (χ0n) is 8.83. The maximum Gasteiger partial charge on any atom is 0.165 e. The molecule has 0 N–H and O–H groups in total. The zero-order valence-corrected chi connectivity index (χ0v) is 9.65. The van der Waals surface area contributed by atoms with Crippen molar-refractivity contribution >= 4 is 11.8 Å². The lowest BCUT2D eigenvalue weighted by molar-refractivity contribution is 0.731. The second-order valence-electron chi connectivity index (χ2n) is 3.70. The zero-order chi connectivity index (χ0) is 10.8. The minimum Gasteiger partial charge on any atom is -0.310 e. The van der Waals surface area contributed by atoms with Gasteiger partial charge in [0.2, 0.25) is 0 Å². The Hall–Kier alpha value is -1.36. The maximum atomic E-state index is 4.27. The van der Waals surface area contributed by atoms with Gasteiger partial charge in [-0.3, -0.25) is 4.98 Å². The van der Waals surface area contributed by atoms with Gasteiger partial charge in [-0.2, -0.15) is 11.8 Å². The highest BCUT2D eigenvalue weighted by Crippen LogP contribution is 2.21. The standard InChI is InChI=1S/C11H12N4S/c1-2-9(8-12-4-1)11-14-13-10-3-6-16-7-5-15(10)11/h1-2,4,8H,3,5-7H2. The van der Waals surface area contributed by atoms with Crippen LogP contribution in [0.4, 0.5) is 0 Å². The van der Waals surface area contributed by atoms with Gasteiger partial charge in [0.1, 0.15) is 5.82 Å². The average Bonchev–Trinajstić information content (AvgIpc) is 2.60. The molecule has 0 atom stereocenters. The van der Waals surface area contributed by atoms with Crippen LogP contribution in [0.15, 0.2) is 24.5 Å². The van der Waals surface area contributed by atoms with Crippen LogP contribution in [0, 0.1) is 0 Å². The van der Waals surface area contributed by atoms with Crippen molar-refractivity contribution < 1.29 is 0 Å². The van der Waals surface area contributed by atoms with Crippen molar-refractivity contribution in [2.75, 3.05) is 11.5 Å². The molecule has 0 unspecified atom stereocenters. The summed E-state index contributed by atoms with van der Waals surface area (Å²) in [6.07, 6.45) is 4.63. The Morgan fingerprint density at radius 1 is 1.25 bits per heavy atom. The molecule has 2 aromatic heterocycles. The van der Waals surface area contributed by atoms with Crippen LogP contribution in [0.2, 0.25) is 0 Å². The summed E-state index contributed by atoms with van der Waals surface area (Å²) in [6, 6.07) is 3.96. The van der Waals surface area contributed by atoms with Crippen molar-refractivity contribution in [3.8, 4) is 11.4 Å². The molecule has 5 heteroatoms. The Bertz CT molecular complexity index is 480. The SMILES string of the molecule is c1cncc(-c2nnc3n2CCSCC3)c1. The van der Waals surface area contributed by atoms with Crippen LogP contribution in [0.1, 0.15) is 5.82 Å². The smallest absolute Gasteiger partial charge is 0.165 e. The summed E-state index contributed by atoms with van der Waals surface area (Å²) in [5.41, 5.74) is 1.05. The largest absolute Gasteiger partial charge is 0.310 e. The number of fused-ring (bicyclic) bond motifs is 1. The summed E-state index contributed by atoms with van der Waals surface area (Å²) in [5, 5.41) is 8.54. The third-order valence-corrected chi connectivity index (χ3v) is 3.64. The van der Waals surface area contributed by atoms with Gasteiger partial charge in [0, 0.05) is 42.4 Å². The summed E-state index contributed by atoms with van der Waals surface area (Å²) in [4.78, 5) is 4.13. The molecule has 0 aromatic carbocycles. The monoisotopic (exact) mass is 232 g/mol. The Morgan fingerprint density at radius 2 is 2.25 bits per heavy atom. The van der Waals surface area contributed by atoms with E-state index in [1.807, 2.05) is 30.1 Å². The van der Waals surface area contributed by atoms with Crippen LogP contribution in [-0.4, -0.2) is 31.3 Å². The molecule has 0 spiro atoms. The Morgan fingerprint density at radius 3 is 3.12 bits per heavy atom. The maximum absolute atomic E-state index is 4.27. The summed E-state index contributed by atoms with van der Waals surface area (Å²) in [5.74, 6) is 4.33. The molecular weight excluding hydrogens is 220 g/mol. The summed E-state index contributed by atoms with van der Waals surface area (Å²) >= 11 is 1.98. The Balaban J connectivity index is 2.06. The highest BCUT2D eigenvalue weighted by Gasteiger charge is 2.15. The number of hydrogen-bond acceptors (Lipinski definition) is 4. The lowest BCUT2D eigenvalue weighted by atomic mass is 10.2. The normalized spacial score (nSPS) is 15.5. The van der Waals surface area contributed by atoms with Gasteiger partial charge >= 0.3 is 0 Å². The molecule has 0 radical (unpaired) electrons. The van der Waals surface area contributed by atoms with Crippen LogP contribution in [0.25, 0.3) is 11.4 Å². The number of hydrogen-bond donors (Lipinski definition) is 0. The summed E-state index contributed by atoms with van der Waals surface area (Å²) in [7, 11) is 0. The molecule has 16 heavy (non-hydrogen) atoms. The van der Waals surface area contributed by atoms with Crippen molar-refractivity contribution in [2.45, 2.75) is 13.0 Å². The second kappa shape index (κ2) is 4.25. The molecule has 0 fully saturated rings. The third kappa shape index (κ3) is 1.71. The number of aryl methyl sites for hydroxylation is 1. The van der Waals surface area contributed by atoms with Gasteiger partial charge in [-0.1, -0.05) is 0 Å². The molecule has 3 rings (SSSR count). The minimum atomic E-state index is 0.950. The minimum absolute atomic E-state index is 0.950. The van der Waals surface area contributed by atoms with Gasteiger partial charge in [0.15, 0.2) is 5.82 Å². The van der Waals surface area contributed by atoms with Gasteiger partial charge < -0.3 is 4.57 Å². The van der Waals surface area contributed by atoms with E-state index in [2.05, 4.69) is 19.7 Å². The van der Waals surface area contributed by atoms with Crippen LogP contribution in [-0.2, 0) is 13.0 Å². The van der Waals surface area contributed by atoms with E-state index < -0.39 is 0 Å². The van der Waals surface area contributed by atoms with E-state index >= 15 is 0 Å². The molecule has 2 aromatic rings. The Kier molecular flexibility index (Phi) is 2.61. The van der Waals surface area contributed by atoms with Gasteiger partial charge in [-0.25, -0.2) is 0 Å². The number of nitrogens with zero attached hydrogens (tertiary/aromatic N) is 4. The highest BCUT2D eigenvalue weighted by atomic mass is 32.2. The Labute approximate surface area is 98.1 Å². The predicted octanol–water partition coefficient (Wildman–Crippen LogP) is 1.63. The molecule has 0 saturated heterocycles. The molecule has 82 valence electrons. The lowest BCUT2D eigenvalue weighted by Crippen LogP contribution is -2.04. The summed E-state index contributed by atoms with van der Waals surface area (Å²) < 4.78 is 2.22. The van der Waals surface area contributed by atoms with Crippen molar-refractivity contribution in [3.05, 3.63) is 30.4 Å². The number of aromatic nitrogens is 4. The molecule has 1 aliphatic rings. The number of pyridine rings is 1. The highest BCUT2D eigenvalue weighted by molar-refractivity contribution is 7.99. The van der Waals surface area contributed by atoms with Crippen molar-refractivity contribution in [1.82, 2.24) is 19.7 Å². The van der Waals surface area contributed by atoms with E-state index in [0.717, 1.165) is 41.7 Å². The summed E-state index contributed by atoms with van der Waals surface area (Å²) in [6.45, 7) is 0.997. The fourth-order valence-electron chi connectivity index (χ4n) is 1.89. The van der Waals surface area contributed by atoms with Gasteiger partial charge in [-0.15, -0.1) is 10.2 Å². The molecular formula is C11H12N4S. The van der Waals surface area contributed by atoms with Crippen molar-refractivity contribution in [2.24, 2.45) is 0 Å². The first-order valence-electron chi connectivity index (χ1n) is 5.35. The van der Waals surface area contributed by atoms with Gasteiger partial charge in [-0.05, 0) is 12.1 Å². The average molecular weight is 232 g/mol. The first-order chi connectivity index (χ1) is 7.95. The van der Waals surface area contributed by atoms with E-state index in [1.165, 1.54) is 0 Å². The molecule has 0 aliphatic carbocycles. The molecule has 1 aliphatic heterocycles. The van der Waals surface area contributed by atoms with E-state index in [1.54, 1.807) is 6.20 Å².